The van der Waals surface area contributed by atoms with Gasteiger partial charge >= 0.3 is 0 Å². The molecule has 6 atom stereocenters. The second-order valence-electron chi connectivity index (χ2n) is 8.44. The summed E-state index contributed by atoms with van der Waals surface area (Å²) in [4.78, 5) is 11.8. The van der Waals surface area contributed by atoms with Crippen LogP contribution in [0.3, 0.4) is 0 Å². The van der Waals surface area contributed by atoms with E-state index in [2.05, 4.69) is 13.0 Å². The van der Waals surface area contributed by atoms with E-state index in [0.717, 1.165) is 50.4 Å². The van der Waals surface area contributed by atoms with E-state index >= 15 is 0 Å². The molecule has 3 fully saturated rings. The lowest BCUT2D eigenvalue weighted by molar-refractivity contribution is -0.125. The monoisotopic (exact) mass is 288 g/mol. The Labute approximate surface area is 128 Å². The number of carbonyl (C=O) groups excluding carboxylic acids is 1. The summed E-state index contributed by atoms with van der Waals surface area (Å²) in [5, 5.41) is 10.0. The molecule has 4 aliphatic rings. The van der Waals surface area contributed by atoms with Gasteiger partial charge in [0.2, 0.25) is 0 Å². The Morgan fingerprint density at radius 3 is 2.86 bits per heavy atom. The highest BCUT2D eigenvalue weighted by Crippen LogP contribution is 2.64. The Bertz CT molecular complexity index is 482. The molecule has 2 nitrogen and oxygen atoms in total. The van der Waals surface area contributed by atoms with Crippen molar-refractivity contribution in [3.05, 3.63) is 11.6 Å². The largest absolute Gasteiger partial charge is 0.393 e. The van der Waals surface area contributed by atoms with Crippen molar-refractivity contribution in [3.8, 4) is 0 Å². The molecule has 0 aliphatic heterocycles. The zero-order valence-corrected chi connectivity index (χ0v) is 13.2. The van der Waals surface area contributed by atoms with E-state index in [1.807, 2.05) is 0 Å². The molecule has 4 aliphatic carbocycles. The van der Waals surface area contributed by atoms with Gasteiger partial charge in [0.25, 0.3) is 0 Å². The minimum absolute atomic E-state index is 0.0249. The Hall–Kier alpha value is -0.630. The Morgan fingerprint density at radius 2 is 2.05 bits per heavy atom. The fourth-order valence-corrected chi connectivity index (χ4v) is 6.55. The SMILES string of the molecule is C[C@]12CC[C@H](O)CC1=CC[C@H]1[C@@H]3CCC[C@@]3(C=O)CC[C@@H]12. The summed E-state index contributed by atoms with van der Waals surface area (Å²) in [5.41, 5.74) is 1.86. The zero-order chi connectivity index (χ0) is 14.7. The van der Waals surface area contributed by atoms with Crippen LogP contribution in [-0.4, -0.2) is 17.5 Å². The van der Waals surface area contributed by atoms with Crippen molar-refractivity contribution >= 4 is 6.29 Å². The van der Waals surface area contributed by atoms with Crippen molar-refractivity contribution < 1.29 is 9.90 Å². The van der Waals surface area contributed by atoms with Crippen LogP contribution in [0.4, 0.5) is 0 Å². The Morgan fingerprint density at radius 1 is 1.19 bits per heavy atom. The van der Waals surface area contributed by atoms with Crippen LogP contribution in [0.15, 0.2) is 11.6 Å². The fourth-order valence-electron chi connectivity index (χ4n) is 6.55. The summed E-state index contributed by atoms with van der Waals surface area (Å²) in [5.74, 6) is 2.10. The van der Waals surface area contributed by atoms with Crippen LogP contribution >= 0.6 is 0 Å². The van der Waals surface area contributed by atoms with Crippen LogP contribution in [0, 0.1) is 28.6 Å². The number of fused-ring (bicyclic) bond motifs is 5. The second-order valence-corrected chi connectivity index (χ2v) is 8.44. The Kier molecular flexibility index (Phi) is 3.12. The smallest absolute Gasteiger partial charge is 0.126 e. The molecule has 0 saturated heterocycles. The van der Waals surface area contributed by atoms with E-state index in [1.165, 1.54) is 31.1 Å². The van der Waals surface area contributed by atoms with Crippen LogP contribution in [-0.2, 0) is 4.79 Å². The molecule has 0 unspecified atom stereocenters. The Balaban J connectivity index is 1.69. The summed E-state index contributed by atoms with van der Waals surface area (Å²) >= 11 is 0. The molecule has 0 radical (unpaired) electrons. The van der Waals surface area contributed by atoms with Gasteiger partial charge in [-0.1, -0.05) is 25.0 Å². The third kappa shape index (κ3) is 1.84. The van der Waals surface area contributed by atoms with Crippen molar-refractivity contribution in [2.75, 3.05) is 0 Å². The minimum Gasteiger partial charge on any atom is -0.393 e. The molecular weight excluding hydrogens is 260 g/mol. The first kappa shape index (κ1) is 14.0. The molecule has 21 heavy (non-hydrogen) atoms. The van der Waals surface area contributed by atoms with Gasteiger partial charge in [0.05, 0.1) is 6.10 Å². The highest BCUT2D eigenvalue weighted by atomic mass is 16.3. The highest BCUT2D eigenvalue weighted by Gasteiger charge is 2.57. The number of rotatable bonds is 1. The molecule has 1 N–H and O–H groups in total. The van der Waals surface area contributed by atoms with Crippen LogP contribution in [0.5, 0.6) is 0 Å². The van der Waals surface area contributed by atoms with Crippen molar-refractivity contribution in [3.63, 3.8) is 0 Å². The first-order valence-electron chi connectivity index (χ1n) is 8.93. The lowest BCUT2D eigenvalue weighted by Gasteiger charge is -2.56. The van der Waals surface area contributed by atoms with Crippen molar-refractivity contribution in [1.82, 2.24) is 0 Å². The lowest BCUT2D eigenvalue weighted by Crippen LogP contribution is -2.50. The first-order valence-corrected chi connectivity index (χ1v) is 8.93. The lowest BCUT2D eigenvalue weighted by atomic mass is 9.48. The molecule has 0 heterocycles. The van der Waals surface area contributed by atoms with E-state index in [-0.39, 0.29) is 11.5 Å². The van der Waals surface area contributed by atoms with E-state index in [1.54, 1.807) is 0 Å². The van der Waals surface area contributed by atoms with Gasteiger partial charge in [-0.3, -0.25) is 0 Å². The average molecular weight is 288 g/mol. The number of hydrogen-bond donors (Lipinski definition) is 1. The van der Waals surface area contributed by atoms with Crippen LogP contribution in [0.1, 0.15) is 64.7 Å². The normalized spacial score (nSPS) is 52.4. The third-order valence-electron chi connectivity index (χ3n) is 7.73. The predicted molar refractivity (Wildman–Crippen MR) is 82.7 cm³/mol. The van der Waals surface area contributed by atoms with E-state index in [0.29, 0.717) is 11.3 Å². The molecule has 0 aromatic rings. The van der Waals surface area contributed by atoms with E-state index < -0.39 is 0 Å². The number of carbonyl (C=O) groups is 1. The highest BCUT2D eigenvalue weighted by molar-refractivity contribution is 5.61. The molecular formula is C19H28O2. The minimum atomic E-state index is -0.120. The molecule has 0 amide bonds. The summed E-state index contributed by atoms with van der Waals surface area (Å²) in [7, 11) is 0. The molecule has 2 heteroatoms. The van der Waals surface area contributed by atoms with Crippen molar-refractivity contribution in [1.29, 1.82) is 0 Å². The van der Waals surface area contributed by atoms with Gasteiger partial charge in [-0.2, -0.15) is 0 Å². The number of allylic oxidation sites excluding steroid dienone is 1. The molecule has 116 valence electrons. The fraction of sp³-hybridized carbons (Fsp3) is 0.842. The van der Waals surface area contributed by atoms with Crippen molar-refractivity contribution in [2.24, 2.45) is 28.6 Å². The number of aliphatic hydroxyl groups excluding tert-OH is 1. The van der Waals surface area contributed by atoms with Gasteiger partial charge in [-0.05, 0) is 74.5 Å². The average Bonchev–Trinajstić information content (AvgIpc) is 2.92. The summed E-state index contributed by atoms with van der Waals surface area (Å²) in [6, 6.07) is 0. The van der Waals surface area contributed by atoms with Crippen LogP contribution in [0.2, 0.25) is 0 Å². The van der Waals surface area contributed by atoms with Gasteiger partial charge in [-0.15, -0.1) is 0 Å². The topological polar surface area (TPSA) is 37.3 Å². The van der Waals surface area contributed by atoms with Gasteiger partial charge < -0.3 is 9.90 Å². The molecule has 4 rings (SSSR count). The summed E-state index contributed by atoms with van der Waals surface area (Å²) in [6.07, 6.45) is 13.8. The van der Waals surface area contributed by atoms with E-state index in [9.17, 15) is 9.90 Å². The maximum absolute atomic E-state index is 11.8. The predicted octanol–water partition coefficient (Wildman–Crippen LogP) is 3.88. The van der Waals surface area contributed by atoms with Gasteiger partial charge in [-0.25, -0.2) is 0 Å². The quantitative estimate of drug-likeness (QED) is 0.587. The molecule has 0 spiro atoms. The number of aliphatic hydroxyl groups is 1. The van der Waals surface area contributed by atoms with Crippen LogP contribution < -0.4 is 0 Å². The molecule has 0 aromatic carbocycles. The standard InChI is InChI=1S/C19H28O2/c1-18-9-6-14(21)11-13(18)4-5-15-16(18)7-10-19(12-20)8-2-3-17(15)19/h4,12,14-17,21H,2-3,5-11H2,1H3/t14-,15+,16-,17-,18-,19-/m0/s1. The van der Waals surface area contributed by atoms with Gasteiger partial charge in [0.1, 0.15) is 6.29 Å². The van der Waals surface area contributed by atoms with Crippen LogP contribution in [0.25, 0.3) is 0 Å². The molecule has 3 saturated carbocycles. The van der Waals surface area contributed by atoms with Gasteiger partial charge in [0, 0.05) is 5.41 Å². The van der Waals surface area contributed by atoms with Crippen molar-refractivity contribution in [2.45, 2.75) is 70.8 Å². The van der Waals surface area contributed by atoms with Gasteiger partial charge in [0.15, 0.2) is 0 Å². The summed E-state index contributed by atoms with van der Waals surface area (Å²) < 4.78 is 0. The molecule has 0 bridgehead atoms. The first-order chi connectivity index (χ1) is 10.1. The maximum atomic E-state index is 11.8. The number of aldehydes is 1. The second kappa shape index (κ2) is 4.68. The maximum Gasteiger partial charge on any atom is 0.126 e. The zero-order valence-electron chi connectivity index (χ0n) is 13.2. The molecule has 0 aromatic heterocycles. The van der Waals surface area contributed by atoms with E-state index in [4.69, 9.17) is 0 Å². The number of hydrogen-bond acceptors (Lipinski definition) is 2. The summed E-state index contributed by atoms with van der Waals surface area (Å²) in [6.45, 7) is 2.45. The third-order valence-corrected chi connectivity index (χ3v) is 7.73.